The molecule has 2 aromatic carbocycles. The van der Waals surface area contributed by atoms with Crippen LogP contribution < -0.4 is 5.32 Å². The van der Waals surface area contributed by atoms with Gasteiger partial charge in [-0.2, -0.15) is 0 Å². The highest BCUT2D eigenvalue weighted by Gasteiger charge is 2.10. The van der Waals surface area contributed by atoms with Gasteiger partial charge in [0.2, 0.25) is 0 Å². The summed E-state index contributed by atoms with van der Waals surface area (Å²) < 4.78 is 0. The van der Waals surface area contributed by atoms with Crippen molar-refractivity contribution >= 4 is 0 Å². The molecule has 2 aromatic rings. The Balaban J connectivity index is 2.07. The molecule has 20 heavy (non-hydrogen) atoms. The summed E-state index contributed by atoms with van der Waals surface area (Å²) in [4.78, 5) is 0. The lowest BCUT2D eigenvalue weighted by Crippen LogP contribution is -2.17. The highest BCUT2D eigenvalue weighted by molar-refractivity contribution is 5.32. The van der Waals surface area contributed by atoms with Crippen LogP contribution in [-0.2, 0) is 6.42 Å². The maximum Gasteiger partial charge on any atom is 0.0320 e. The van der Waals surface area contributed by atoms with Gasteiger partial charge in [0.25, 0.3) is 0 Å². The topological polar surface area (TPSA) is 12.0 Å². The van der Waals surface area contributed by atoms with E-state index in [2.05, 4.69) is 75.6 Å². The molecule has 0 spiro atoms. The van der Waals surface area contributed by atoms with Gasteiger partial charge in [0, 0.05) is 6.04 Å². The Kier molecular flexibility index (Phi) is 4.97. The van der Waals surface area contributed by atoms with Gasteiger partial charge >= 0.3 is 0 Å². The first-order valence-corrected chi connectivity index (χ1v) is 7.40. The first kappa shape index (κ1) is 14.8. The molecule has 1 atom stereocenters. The molecule has 0 bridgehead atoms. The van der Waals surface area contributed by atoms with Crippen LogP contribution in [0.1, 0.15) is 40.3 Å². The van der Waals surface area contributed by atoms with E-state index in [1.54, 1.807) is 0 Å². The zero-order valence-corrected chi connectivity index (χ0v) is 13.0. The number of rotatable bonds is 5. The maximum atomic E-state index is 3.45. The minimum absolute atomic E-state index is 0.426. The van der Waals surface area contributed by atoms with Gasteiger partial charge in [-0.05, 0) is 62.9 Å². The molecule has 0 radical (unpaired) electrons. The van der Waals surface area contributed by atoms with E-state index in [0.717, 1.165) is 12.8 Å². The molecule has 0 aliphatic carbocycles. The van der Waals surface area contributed by atoms with E-state index >= 15 is 0 Å². The molecule has 2 rings (SSSR count). The first-order valence-electron chi connectivity index (χ1n) is 7.40. The second kappa shape index (κ2) is 6.71. The van der Waals surface area contributed by atoms with Gasteiger partial charge in [-0.3, -0.25) is 0 Å². The molecular weight excluding hydrogens is 242 g/mol. The lowest BCUT2D eigenvalue weighted by Gasteiger charge is -2.18. The number of benzene rings is 2. The average Bonchev–Trinajstić information content (AvgIpc) is 2.43. The normalized spacial score (nSPS) is 12.4. The third-order valence-corrected chi connectivity index (χ3v) is 4.09. The van der Waals surface area contributed by atoms with E-state index in [-0.39, 0.29) is 0 Å². The fourth-order valence-corrected chi connectivity index (χ4v) is 2.64. The Morgan fingerprint density at radius 2 is 1.75 bits per heavy atom. The van der Waals surface area contributed by atoms with Crippen LogP contribution in [0.4, 0.5) is 0 Å². The standard InChI is InChI=1S/C19H25N/c1-14-6-5-7-17(12-14)9-11-19(20-4)18-10-8-15(2)16(3)13-18/h5-8,10,12-13,19-20H,9,11H2,1-4H3. The lowest BCUT2D eigenvalue weighted by atomic mass is 9.96. The van der Waals surface area contributed by atoms with E-state index < -0.39 is 0 Å². The van der Waals surface area contributed by atoms with Crippen molar-refractivity contribution in [2.45, 2.75) is 39.7 Å². The van der Waals surface area contributed by atoms with E-state index in [4.69, 9.17) is 0 Å². The summed E-state index contributed by atoms with van der Waals surface area (Å²) in [6, 6.07) is 16.0. The summed E-state index contributed by atoms with van der Waals surface area (Å²) in [5.41, 5.74) is 6.90. The summed E-state index contributed by atoms with van der Waals surface area (Å²) >= 11 is 0. The number of nitrogens with one attached hydrogen (secondary N) is 1. The molecule has 1 heteroatoms. The van der Waals surface area contributed by atoms with Crippen molar-refractivity contribution in [1.29, 1.82) is 0 Å². The predicted octanol–water partition coefficient (Wildman–Crippen LogP) is 4.51. The van der Waals surface area contributed by atoms with Gasteiger partial charge in [0.1, 0.15) is 0 Å². The molecule has 0 aliphatic heterocycles. The van der Waals surface area contributed by atoms with Crippen LogP contribution in [0, 0.1) is 20.8 Å². The fraction of sp³-hybridized carbons (Fsp3) is 0.368. The van der Waals surface area contributed by atoms with Crippen LogP contribution in [0.3, 0.4) is 0 Å². The smallest absolute Gasteiger partial charge is 0.0320 e. The van der Waals surface area contributed by atoms with E-state index in [1.807, 2.05) is 0 Å². The third kappa shape index (κ3) is 3.71. The summed E-state index contributed by atoms with van der Waals surface area (Å²) in [5, 5.41) is 3.45. The zero-order valence-electron chi connectivity index (χ0n) is 13.0. The Morgan fingerprint density at radius 3 is 2.40 bits per heavy atom. The van der Waals surface area contributed by atoms with Gasteiger partial charge < -0.3 is 5.32 Å². The highest BCUT2D eigenvalue weighted by Crippen LogP contribution is 2.21. The second-order valence-electron chi connectivity index (χ2n) is 5.71. The van der Waals surface area contributed by atoms with Crippen molar-refractivity contribution < 1.29 is 0 Å². The second-order valence-corrected chi connectivity index (χ2v) is 5.71. The van der Waals surface area contributed by atoms with Crippen molar-refractivity contribution in [1.82, 2.24) is 5.32 Å². The Bertz CT molecular complexity index is 572. The molecule has 0 amide bonds. The Hall–Kier alpha value is -1.60. The minimum Gasteiger partial charge on any atom is -0.313 e. The van der Waals surface area contributed by atoms with Crippen molar-refractivity contribution in [2.24, 2.45) is 0 Å². The number of aryl methyl sites for hydroxylation is 4. The fourth-order valence-electron chi connectivity index (χ4n) is 2.64. The summed E-state index contributed by atoms with van der Waals surface area (Å²) in [5.74, 6) is 0. The molecule has 106 valence electrons. The van der Waals surface area contributed by atoms with E-state index in [9.17, 15) is 0 Å². The summed E-state index contributed by atoms with van der Waals surface area (Å²) in [6.07, 6.45) is 2.24. The molecular formula is C19H25N. The number of hydrogen-bond acceptors (Lipinski definition) is 1. The Morgan fingerprint density at radius 1 is 0.950 bits per heavy atom. The highest BCUT2D eigenvalue weighted by atomic mass is 14.9. The predicted molar refractivity (Wildman–Crippen MR) is 87.2 cm³/mol. The van der Waals surface area contributed by atoms with Crippen LogP contribution in [0.15, 0.2) is 42.5 Å². The molecule has 0 fully saturated rings. The molecule has 0 heterocycles. The van der Waals surface area contributed by atoms with Crippen molar-refractivity contribution in [3.05, 3.63) is 70.3 Å². The lowest BCUT2D eigenvalue weighted by molar-refractivity contribution is 0.549. The zero-order chi connectivity index (χ0) is 14.5. The van der Waals surface area contributed by atoms with Crippen LogP contribution >= 0.6 is 0 Å². The van der Waals surface area contributed by atoms with E-state index in [1.165, 1.54) is 27.8 Å². The summed E-state index contributed by atoms with van der Waals surface area (Å²) in [6.45, 7) is 6.51. The van der Waals surface area contributed by atoms with Crippen molar-refractivity contribution in [3.8, 4) is 0 Å². The maximum absolute atomic E-state index is 3.45. The third-order valence-electron chi connectivity index (χ3n) is 4.09. The van der Waals surface area contributed by atoms with Gasteiger partial charge in [0.05, 0.1) is 0 Å². The van der Waals surface area contributed by atoms with Gasteiger partial charge in [0.15, 0.2) is 0 Å². The van der Waals surface area contributed by atoms with Crippen LogP contribution in [0.25, 0.3) is 0 Å². The van der Waals surface area contributed by atoms with Crippen LogP contribution in [-0.4, -0.2) is 7.05 Å². The molecule has 0 aromatic heterocycles. The molecule has 0 saturated carbocycles. The van der Waals surface area contributed by atoms with Crippen molar-refractivity contribution in [3.63, 3.8) is 0 Å². The van der Waals surface area contributed by atoms with Gasteiger partial charge in [-0.25, -0.2) is 0 Å². The van der Waals surface area contributed by atoms with Crippen LogP contribution in [0.5, 0.6) is 0 Å². The molecule has 1 nitrogen and oxygen atoms in total. The summed E-state index contributed by atoms with van der Waals surface area (Å²) in [7, 11) is 2.05. The largest absolute Gasteiger partial charge is 0.313 e. The van der Waals surface area contributed by atoms with Gasteiger partial charge in [-0.1, -0.05) is 48.0 Å². The molecule has 1 N–H and O–H groups in total. The monoisotopic (exact) mass is 267 g/mol. The molecule has 0 saturated heterocycles. The van der Waals surface area contributed by atoms with Crippen LogP contribution in [0.2, 0.25) is 0 Å². The van der Waals surface area contributed by atoms with Crippen molar-refractivity contribution in [2.75, 3.05) is 7.05 Å². The SMILES string of the molecule is CNC(CCc1cccc(C)c1)c1ccc(C)c(C)c1. The van der Waals surface area contributed by atoms with E-state index in [0.29, 0.717) is 6.04 Å². The molecule has 1 unspecified atom stereocenters. The first-order chi connectivity index (χ1) is 9.60. The minimum atomic E-state index is 0.426. The quantitative estimate of drug-likeness (QED) is 0.840. The van der Waals surface area contributed by atoms with Gasteiger partial charge in [-0.15, -0.1) is 0 Å². The average molecular weight is 267 g/mol. The Labute approximate surface area is 123 Å². The molecule has 0 aliphatic rings. The number of hydrogen-bond donors (Lipinski definition) is 1.